The number of aromatic nitrogens is 1. The van der Waals surface area contributed by atoms with Crippen molar-refractivity contribution in [1.29, 1.82) is 0 Å². The molecule has 1 fully saturated rings. The Morgan fingerprint density at radius 2 is 2.04 bits per heavy atom. The fraction of sp³-hybridized carbons (Fsp3) is 0.333. The lowest BCUT2D eigenvalue weighted by atomic mass is 10.0. The molecular weight excluding hydrogens is 308 g/mol. The number of ether oxygens (including phenoxy) is 2. The van der Waals surface area contributed by atoms with Crippen LogP contribution in [0.15, 0.2) is 41.3 Å². The molecule has 1 aliphatic heterocycles. The zero-order valence-corrected chi connectivity index (χ0v) is 13.7. The fourth-order valence-electron chi connectivity index (χ4n) is 3.14. The standard InChI is InChI=1S/C18H20N2O4/c1-23-13-6-7-16(24-2)14(10-13)15-4-3-9-20(15)18(22)12-5-8-17(21)19-11-12/h5-8,10-11,15H,3-4,9H2,1-2H3,(H,19,21). The highest BCUT2D eigenvalue weighted by Gasteiger charge is 2.32. The monoisotopic (exact) mass is 328 g/mol. The highest BCUT2D eigenvalue weighted by Crippen LogP contribution is 2.39. The molecule has 1 atom stereocenters. The van der Waals surface area contributed by atoms with Crippen LogP contribution in [-0.4, -0.2) is 36.6 Å². The summed E-state index contributed by atoms with van der Waals surface area (Å²) in [6.45, 7) is 0.670. The number of methoxy groups -OCH3 is 2. The highest BCUT2D eigenvalue weighted by atomic mass is 16.5. The predicted molar refractivity (Wildman–Crippen MR) is 89.6 cm³/mol. The van der Waals surface area contributed by atoms with E-state index >= 15 is 0 Å². The number of aromatic amines is 1. The Bertz CT molecular complexity index is 779. The molecule has 2 heterocycles. The van der Waals surface area contributed by atoms with Crippen LogP contribution >= 0.6 is 0 Å². The van der Waals surface area contributed by atoms with Gasteiger partial charge in [-0.25, -0.2) is 0 Å². The summed E-state index contributed by atoms with van der Waals surface area (Å²) in [5.74, 6) is 1.37. The van der Waals surface area contributed by atoms with E-state index in [1.165, 1.54) is 12.3 Å². The molecule has 1 N–H and O–H groups in total. The summed E-state index contributed by atoms with van der Waals surface area (Å²) >= 11 is 0. The second-order valence-corrected chi connectivity index (χ2v) is 5.71. The van der Waals surface area contributed by atoms with Gasteiger partial charge in [0, 0.05) is 24.4 Å². The Balaban J connectivity index is 1.94. The van der Waals surface area contributed by atoms with Crippen molar-refractivity contribution in [2.24, 2.45) is 0 Å². The quantitative estimate of drug-likeness (QED) is 0.935. The van der Waals surface area contributed by atoms with Gasteiger partial charge in [-0.2, -0.15) is 0 Å². The SMILES string of the molecule is COc1ccc(OC)c(C2CCCN2C(=O)c2ccc(=O)[nH]c2)c1. The molecule has 1 unspecified atom stereocenters. The number of likely N-dealkylation sites (tertiary alicyclic amines) is 1. The van der Waals surface area contributed by atoms with E-state index in [-0.39, 0.29) is 17.5 Å². The molecule has 126 valence electrons. The molecule has 6 heteroatoms. The maximum atomic E-state index is 12.8. The average Bonchev–Trinajstić information content (AvgIpc) is 3.10. The summed E-state index contributed by atoms with van der Waals surface area (Å²) in [6.07, 6.45) is 3.24. The van der Waals surface area contributed by atoms with Gasteiger partial charge in [-0.05, 0) is 37.1 Å². The van der Waals surface area contributed by atoms with Gasteiger partial charge in [0.15, 0.2) is 0 Å². The molecule has 3 rings (SSSR count). The van der Waals surface area contributed by atoms with E-state index < -0.39 is 0 Å². The Labute approximate surface area is 140 Å². The zero-order chi connectivity index (χ0) is 17.1. The van der Waals surface area contributed by atoms with Gasteiger partial charge in [-0.3, -0.25) is 9.59 Å². The Morgan fingerprint density at radius 1 is 1.21 bits per heavy atom. The van der Waals surface area contributed by atoms with E-state index in [0.29, 0.717) is 12.1 Å². The van der Waals surface area contributed by atoms with Gasteiger partial charge in [0.05, 0.1) is 25.8 Å². The summed E-state index contributed by atoms with van der Waals surface area (Å²) in [7, 11) is 3.23. The van der Waals surface area contributed by atoms with Crippen LogP contribution in [0.5, 0.6) is 11.5 Å². The molecule has 0 spiro atoms. The van der Waals surface area contributed by atoms with Crippen LogP contribution in [-0.2, 0) is 0 Å². The first kappa shape index (κ1) is 16.1. The molecular formula is C18H20N2O4. The van der Waals surface area contributed by atoms with Crippen LogP contribution < -0.4 is 15.0 Å². The summed E-state index contributed by atoms with van der Waals surface area (Å²) in [5, 5.41) is 0. The van der Waals surface area contributed by atoms with Crippen molar-refractivity contribution in [2.45, 2.75) is 18.9 Å². The lowest BCUT2D eigenvalue weighted by molar-refractivity contribution is 0.0733. The first-order chi connectivity index (χ1) is 11.6. The number of hydrogen-bond donors (Lipinski definition) is 1. The number of rotatable bonds is 4. The minimum atomic E-state index is -0.223. The fourth-order valence-corrected chi connectivity index (χ4v) is 3.14. The maximum absolute atomic E-state index is 12.8. The molecule has 1 aromatic carbocycles. The molecule has 0 aliphatic carbocycles. The maximum Gasteiger partial charge on any atom is 0.255 e. The van der Waals surface area contributed by atoms with Gasteiger partial charge >= 0.3 is 0 Å². The van der Waals surface area contributed by atoms with Crippen molar-refractivity contribution in [3.8, 4) is 11.5 Å². The Hall–Kier alpha value is -2.76. The van der Waals surface area contributed by atoms with Gasteiger partial charge in [0.25, 0.3) is 5.91 Å². The van der Waals surface area contributed by atoms with Crippen molar-refractivity contribution in [1.82, 2.24) is 9.88 Å². The number of amides is 1. The van der Waals surface area contributed by atoms with E-state index in [4.69, 9.17) is 9.47 Å². The average molecular weight is 328 g/mol. The van der Waals surface area contributed by atoms with E-state index in [9.17, 15) is 9.59 Å². The zero-order valence-electron chi connectivity index (χ0n) is 13.7. The molecule has 1 aliphatic rings. The van der Waals surface area contributed by atoms with E-state index in [1.54, 1.807) is 20.3 Å². The number of hydrogen-bond acceptors (Lipinski definition) is 4. The number of carbonyl (C=O) groups is 1. The number of benzene rings is 1. The van der Waals surface area contributed by atoms with Crippen molar-refractivity contribution < 1.29 is 14.3 Å². The third-order valence-corrected chi connectivity index (χ3v) is 4.34. The highest BCUT2D eigenvalue weighted by molar-refractivity contribution is 5.94. The van der Waals surface area contributed by atoms with E-state index in [1.807, 2.05) is 23.1 Å². The molecule has 1 aromatic heterocycles. The summed E-state index contributed by atoms with van der Waals surface area (Å²) in [5.41, 5.74) is 1.19. The normalized spacial score (nSPS) is 16.9. The van der Waals surface area contributed by atoms with Crippen LogP contribution in [0.3, 0.4) is 0 Å². The number of pyridine rings is 1. The van der Waals surface area contributed by atoms with E-state index in [0.717, 1.165) is 29.9 Å². The Morgan fingerprint density at radius 3 is 2.71 bits per heavy atom. The van der Waals surface area contributed by atoms with Crippen LogP contribution in [0.4, 0.5) is 0 Å². The van der Waals surface area contributed by atoms with Crippen molar-refractivity contribution >= 4 is 5.91 Å². The molecule has 1 saturated heterocycles. The molecule has 0 radical (unpaired) electrons. The number of nitrogens with one attached hydrogen (secondary N) is 1. The molecule has 0 saturated carbocycles. The summed E-state index contributed by atoms with van der Waals surface area (Å²) in [4.78, 5) is 28.4. The van der Waals surface area contributed by atoms with Crippen molar-refractivity contribution in [3.63, 3.8) is 0 Å². The van der Waals surface area contributed by atoms with Gasteiger partial charge in [0.1, 0.15) is 11.5 Å². The van der Waals surface area contributed by atoms with Crippen LogP contribution in [0, 0.1) is 0 Å². The van der Waals surface area contributed by atoms with Crippen LogP contribution in [0.2, 0.25) is 0 Å². The van der Waals surface area contributed by atoms with Gasteiger partial charge < -0.3 is 19.4 Å². The van der Waals surface area contributed by atoms with E-state index in [2.05, 4.69) is 4.98 Å². The second-order valence-electron chi connectivity index (χ2n) is 5.71. The molecule has 24 heavy (non-hydrogen) atoms. The third-order valence-electron chi connectivity index (χ3n) is 4.34. The lowest BCUT2D eigenvalue weighted by Gasteiger charge is -2.26. The number of H-pyrrole nitrogens is 1. The third kappa shape index (κ3) is 2.99. The largest absolute Gasteiger partial charge is 0.497 e. The van der Waals surface area contributed by atoms with Crippen molar-refractivity contribution in [2.75, 3.05) is 20.8 Å². The lowest BCUT2D eigenvalue weighted by Crippen LogP contribution is -2.31. The molecule has 0 bridgehead atoms. The minimum Gasteiger partial charge on any atom is -0.497 e. The summed E-state index contributed by atoms with van der Waals surface area (Å²) < 4.78 is 10.8. The minimum absolute atomic E-state index is 0.0746. The van der Waals surface area contributed by atoms with Gasteiger partial charge in [-0.15, -0.1) is 0 Å². The van der Waals surface area contributed by atoms with Crippen LogP contribution in [0.25, 0.3) is 0 Å². The second kappa shape index (κ2) is 6.78. The topological polar surface area (TPSA) is 71.6 Å². The van der Waals surface area contributed by atoms with Crippen LogP contribution in [0.1, 0.15) is 34.8 Å². The van der Waals surface area contributed by atoms with Gasteiger partial charge in [0.2, 0.25) is 5.56 Å². The number of carbonyl (C=O) groups excluding carboxylic acids is 1. The summed E-state index contributed by atoms with van der Waals surface area (Å²) in [6, 6.07) is 8.46. The molecule has 1 amide bonds. The Kier molecular flexibility index (Phi) is 4.55. The number of nitrogens with zero attached hydrogens (tertiary/aromatic N) is 1. The first-order valence-corrected chi connectivity index (χ1v) is 7.85. The molecule has 6 nitrogen and oxygen atoms in total. The first-order valence-electron chi connectivity index (χ1n) is 7.85. The smallest absolute Gasteiger partial charge is 0.255 e. The molecule has 2 aromatic rings. The van der Waals surface area contributed by atoms with Crippen molar-refractivity contribution in [3.05, 3.63) is 58.0 Å². The van der Waals surface area contributed by atoms with Gasteiger partial charge in [-0.1, -0.05) is 0 Å². The predicted octanol–water partition coefficient (Wildman–Crippen LogP) is 2.37.